The molecule has 0 bridgehead atoms. The van der Waals surface area contributed by atoms with Crippen LogP contribution in [0.2, 0.25) is 0 Å². The highest BCUT2D eigenvalue weighted by atomic mass is 16.3. The first-order chi connectivity index (χ1) is 23.7. The number of hydrogen-bond acceptors (Lipinski definition) is 6. The predicted octanol–water partition coefficient (Wildman–Crippen LogP) is 2.81. The Hall–Kier alpha value is -4.04. The van der Waals surface area contributed by atoms with Gasteiger partial charge in [-0.2, -0.15) is 0 Å². The topological polar surface area (TPSA) is 141 Å². The third-order valence-electron chi connectivity index (χ3n) is 10.3. The molecule has 1 aromatic heterocycles. The third kappa shape index (κ3) is 10.2. The predicted molar refractivity (Wildman–Crippen MR) is 188 cm³/mol. The molecule has 2 aliphatic rings. The van der Waals surface area contributed by atoms with Crippen molar-refractivity contribution < 1.29 is 29.9 Å². The number of para-hydroxylation sites is 2. The molecule has 0 radical (unpaired) electrons. The number of aliphatic hydroxyl groups excluding tert-OH is 2. The Morgan fingerprint density at radius 1 is 1.04 bits per heavy atom. The van der Waals surface area contributed by atoms with Crippen LogP contribution in [0, 0.1) is 30.1 Å². The van der Waals surface area contributed by atoms with Crippen molar-refractivity contribution in [2.24, 2.45) is 17.8 Å². The number of hydrogen-bond donors (Lipinski definition) is 4. The molecule has 5 rings (SSSR count). The fraction of sp³-hybridized carbons (Fsp3) is 0.538. The molecule has 2 aliphatic carbocycles. The summed E-state index contributed by atoms with van der Waals surface area (Å²) in [5.41, 5.74) is 2.79. The van der Waals surface area contributed by atoms with E-state index in [2.05, 4.69) is 16.2 Å². The fourth-order valence-electron chi connectivity index (χ4n) is 7.11. The van der Waals surface area contributed by atoms with Crippen LogP contribution in [0.1, 0.15) is 69.8 Å². The van der Waals surface area contributed by atoms with E-state index in [0.29, 0.717) is 31.8 Å². The highest BCUT2D eigenvalue weighted by Gasteiger charge is 2.41. The summed E-state index contributed by atoms with van der Waals surface area (Å²) in [6.07, 6.45) is 13.5. The van der Waals surface area contributed by atoms with Crippen LogP contribution in [-0.2, 0) is 27.3 Å². The highest BCUT2D eigenvalue weighted by Crippen LogP contribution is 2.36. The van der Waals surface area contributed by atoms with Crippen molar-refractivity contribution in [3.8, 4) is 12.3 Å². The first-order valence-corrected chi connectivity index (χ1v) is 17.9. The number of quaternary nitrogens is 1. The van der Waals surface area contributed by atoms with E-state index in [0.717, 1.165) is 55.1 Å². The maximum Gasteiger partial charge on any atom is 0.315 e. The van der Waals surface area contributed by atoms with Crippen LogP contribution < -0.4 is 10.6 Å². The minimum absolute atomic E-state index is 0.000234. The van der Waals surface area contributed by atoms with Gasteiger partial charge in [-0.1, -0.05) is 80.5 Å². The van der Waals surface area contributed by atoms with Gasteiger partial charge in [0.2, 0.25) is 5.91 Å². The van der Waals surface area contributed by atoms with Gasteiger partial charge in [-0.05, 0) is 55.2 Å². The molecule has 3 aromatic rings. The second-order valence-corrected chi connectivity index (χ2v) is 14.1. The molecule has 2 aromatic carbocycles. The summed E-state index contributed by atoms with van der Waals surface area (Å²) in [4.78, 5) is 47.3. The van der Waals surface area contributed by atoms with E-state index in [1.807, 2.05) is 59.2 Å². The molecule has 0 spiro atoms. The molecule has 1 heterocycles. The number of rotatable bonds is 17. The minimum atomic E-state index is -1.10. The Morgan fingerprint density at radius 3 is 2.47 bits per heavy atom. The number of likely N-dealkylation sites (N-methyl/N-ethyl adjacent to an activating group) is 1. The van der Waals surface area contributed by atoms with E-state index in [4.69, 9.17) is 6.42 Å². The Morgan fingerprint density at radius 2 is 1.76 bits per heavy atom. The lowest BCUT2D eigenvalue weighted by atomic mass is 9.82. The lowest BCUT2D eigenvalue weighted by Gasteiger charge is -2.32. The van der Waals surface area contributed by atoms with Crippen LogP contribution in [-0.4, -0.2) is 80.3 Å². The molecule has 10 nitrogen and oxygen atoms in total. The molecule has 10 heteroatoms. The second kappa shape index (κ2) is 17.6. The van der Waals surface area contributed by atoms with Crippen LogP contribution >= 0.6 is 0 Å². The first-order valence-electron chi connectivity index (χ1n) is 17.9. The third-order valence-corrected chi connectivity index (χ3v) is 10.3. The van der Waals surface area contributed by atoms with Crippen molar-refractivity contribution in [3.05, 3.63) is 66.5 Å². The molecule has 262 valence electrons. The van der Waals surface area contributed by atoms with Gasteiger partial charge in [0, 0.05) is 26.6 Å². The van der Waals surface area contributed by atoms with Gasteiger partial charge in [-0.25, -0.2) is 9.78 Å². The monoisotopic (exact) mass is 670 g/mol. The van der Waals surface area contributed by atoms with Gasteiger partial charge in [0.05, 0.1) is 41.8 Å². The van der Waals surface area contributed by atoms with Gasteiger partial charge >= 0.3 is 5.91 Å². The summed E-state index contributed by atoms with van der Waals surface area (Å²) in [5, 5.41) is 26.4. The van der Waals surface area contributed by atoms with E-state index in [-0.39, 0.29) is 30.6 Å². The zero-order chi connectivity index (χ0) is 34.8. The lowest BCUT2D eigenvalue weighted by Crippen LogP contribution is -2.97. The average Bonchev–Trinajstić information content (AvgIpc) is 3.89. The van der Waals surface area contributed by atoms with Crippen LogP contribution in [0.5, 0.6) is 0 Å². The number of carbonyl (C=O) groups excluding carboxylic acids is 3. The van der Waals surface area contributed by atoms with E-state index in [9.17, 15) is 24.6 Å². The SMILES string of the molecule is C#CC[C@H]([NH2+]C(=O)C(CC(=O)N(C)CCn1cnc2ccccc21)Cc1ccccc1)C(=O)N[C@@H](CC1CCCCC1)[C@@H](O)[C@@H](O)C1CC1. The van der Waals surface area contributed by atoms with Crippen LogP contribution in [0.25, 0.3) is 11.0 Å². The van der Waals surface area contributed by atoms with Crippen molar-refractivity contribution in [2.75, 3.05) is 13.6 Å². The van der Waals surface area contributed by atoms with Gasteiger partial charge < -0.3 is 25.0 Å². The number of aliphatic hydroxyl groups is 2. The summed E-state index contributed by atoms with van der Waals surface area (Å²) < 4.78 is 2.00. The molecule has 5 atom stereocenters. The van der Waals surface area contributed by atoms with Gasteiger partial charge in [-0.3, -0.25) is 14.9 Å². The summed E-state index contributed by atoms with van der Waals surface area (Å²) in [6.45, 7) is 0.995. The van der Waals surface area contributed by atoms with Crippen LogP contribution in [0.4, 0.5) is 0 Å². The standard InChI is InChI=1S/C39H51N5O5/c1-3-12-32(39(49)42-33(24-28-15-8-5-9-16-28)37(47)36(46)29-19-20-29)41-38(48)30(23-27-13-6-4-7-14-27)25-35(45)43(2)21-22-44-26-40-31-17-10-11-18-34(31)44/h1,4,6-7,10-11,13-14,17-18,26,28-30,32-33,36-37,46-47H,5,8-9,12,15-16,19-25H2,2H3,(H,41,48)(H,42,49)/p+1/t30?,32-,33-,36-,37+/m0/s1. The minimum Gasteiger partial charge on any atom is -0.390 e. The number of carbonyl (C=O) groups is 3. The molecule has 3 amide bonds. The van der Waals surface area contributed by atoms with Gasteiger partial charge in [0.15, 0.2) is 6.04 Å². The zero-order valence-electron chi connectivity index (χ0n) is 28.6. The smallest absolute Gasteiger partial charge is 0.315 e. The molecule has 2 saturated carbocycles. The Labute approximate surface area is 289 Å². The van der Waals surface area contributed by atoms with Crippen molar-refractivity contribution in [1.82, 2.24) is 19.8 Å². The Balaban J connectivity index is 1.25. The van der Waals surface area contributed by atoms with Crippen molar-refractivity contribution >= 4 is 28.8 Å². The molecule has 49 heavy (non-hydrogen) atoms. The maximum atomic E-state index is 14.0. The number of primary amides is 1. The number of nitrogens with one attached hydrogen (secondary N) is 1. The molecule has 0 aliphatic heterocycles. The summed E-state index contributed by atoms with van der Waals surface area (Å²) in [7, 11) is 1.73. The average molecular weight is 671 g/mol. The Kier molecular flexibility index (Phi) is 13.0. The van der Waals surface area contributed by atoms with E-state index in [1.165, 1.54) is 11.7 Å². The van der Waals surface area contributed by atoms with E-state index < -0.39 is 36.1 Å². The molecule has 5 N–H and O–H groups in total. The highest BCUT2D eigenvalue weighted by molar-refractivity contribution is 5.85. The molecular weight excluding hydrogens is 618 g/mol. The molecule has 2 fully saturated rings. The molecular formula is C39H52N5O5+. The fourth-order valence-corrected chi connectivity index (χ4v) is 7.11. The molecule has 0 saturated heterocycles. The zero-order valence-corrected chi connectivity index (χ0v) is 28.6. The number of amides is 3. The summed E-state index contributed by atoms with van der Waals surface area (Å²) in [5.74, 6) is 1.31. The Bertz CT molecular complexity index is 1580. The normalized spacial score (nSPS) is 18.2. The van der Waals surface area contributed by atoms with Crippen molar-refractivity contribution in [1.29, 1.82) is 0 Å². The largest absolute Gasteiger partial charge is 0.390 e. The number of nitrogens with two attached hydrogens (primary N) is 1. The first kappa shape index (κ1) is 36.2. The number of terminal acetylenes is 1. The van der Waals surface area contributed by atoms with E-state index >= 15 is 0 Å². The van der Waals surface area contributed by atoms with Gasteiger partial charge in [0.1, 0.15) is 6.10 Å². The van der Waals surface area contributed by atoms with Gasteiger partial charge in [-0.15, -0.1) is 6.42 Å². The van der Waals surface area contributed by atoms with Crippen LogP contribution in [0.3, 0.4) is 0 Å². The maximum absolute atomic E-state index is 14.0. The number of fused-ring (bicyclic) bond motifs is 1. The van der Waals surface area contributed by atoms with E-state index in [1.54, 1.807) is 18.3 Å². The second-order valence-electron chi connectivity index (χ2n) is 14.1. The van der Waals surface area contributed by atoms with Gasteiger partial charge in [0.25, 0.3) is 5.91 Å². The summed E-state index contributed by atoms with van der Waals surface area (Å²) >= 11 is 0. The van der Waals surface area contributed by atoms with Crippen molar-refractivity contribution in [3.63, 3.8) is 0 Å². The number of aromatic nitrogens is 2. The lowest BCUT2D eigenvalue weighted by molar-refractivity contribution is -0.594. The number of imidazole rings is 1. The summed E-state index contributed by atoms with van der Waals surface area (Å²) in [6, 6.07) is 15.8. The number of benzene rings is 2. The van der Waals surface area contributed by atoms with Crippen molar-refractivity contribution in [2.45, 2.75) is 101 Å². The number of nitrogens with zero attached hydrogens (tertiary/aromatic N) is 3. The quantitative estimate of drug-likeness (QED) is 0.163. The van der Waals surface area contributed by atoms with Crippen LogP contribution in [0.15, 0.2) is 60.9 Å². The molecule has 1 unspecified atom stereocenters.